The van der Waals surface area contributed by atoms with Crippen molar-refractivity contribution < 1.29 is 24.5 Å². The molecule has 0 amide bonds. The van der Waals surface area contributed by atoms with Gasteiger partial charge < -0.3 is 24.3 Å². The molecule has 0 unspecified atom stereocenters. The van der Waals surface area contributed by atoms with Crippen LogP contribution in [-0.4, -0.2) is 39.5 Å². The molecule has 0 bridgehead atoms. The van der Waals surface area contributed by atoms with E-state index in [4.69, 9.17) is 21.1 Å². The molecule has 0 fully saturated rings. The number of nitrogens with zero attached hydrogens (tertiary/aromatic N) is 2. The standard InChI is InChI=1S/C23H25ClN2O5/c1-3-12-31-19-7-5-4-6-15(19)14-26-11-10-25-20(26)9-8-16-21(23(29)30-2)17(27)13-18(28)22(16)24/h4-7,10-11,13,27-28H,3,8-9,12,14H2,1-2H3. The minimum Gasteiger partial charge on any atom is -0.507 e. The van der Waals surface area contributed by atoms with Gasteiger partial charge in [-0.15, -0.1) is 0 Å². The molecule has 7 nitrogen and oxygen atoms in total. The summed E-state index contributed by atoms with van der Waals surface area (Å²) in [6, 6.07) is 8.89. The van der Waals surface area contributed by atoms with E-state index in [1.165, 1.54) is 7.11 Å². The summed E-state index contributed by atoms with van der Waals surface area (Å²) < 4.78 is 12.6. The van der Waals surface area contributed by atoms with Gasteiger partial charge in [0.2, 0.25) is 0 Å². The van der Waals surface area contributed by atoms with Crippen LogP contribution in [0.15, 0.2) is 42.7 Å². The third-order valence-electron chi connectivity index (χ3n) is 4.89. The molecule has 2 N–H and O–H groups in total. The lowest BCUT2D eigenvalue weighted by Gasteiger charge is -2.15. The number of aryl methyl sites for hydroxylation is 1. The molecule has 1 aromatic heterocycles. The Bertz CT molecular complexity index is 1060. The molecule has 0 saturated carbocycles. The van der Waals surface area contributed by atoms with Crippen molar-refractivity contribution in [1.29, 1.82) is 0 Å². The average Bonchev–Trinajstić information content (AvgIpc) is 3.21. The maximum absolute atomic E-state index is 12.2. The van der Waals surface area contributed by atoms with Crippen LogP contribution in [0.1, 0.15) is 40.7 Å². The van der Waals surface area contributed by atoms with Gasteiger partial charge in [0.1, 0.15) is 28.6 Å². The topological polar surface area (TPSA) is 93.8 Å². The highest BCUT2D eigenvalue weighted by Gasteiger charge is 2.23. The molecule has 1 heterocycles. The number of esters is 1. The van der Waals surface area contributed by atoms with Gasteiger partial charge in [-0.2, -0.15) is 0 Å². The fourth-order valence-corrected chi connectivity index (χ4v) is 3.61. The number of carbonyl (C=O) groups is 1. The minimum absolute atomic E-state index is 0.00890. The summed E-state index contributed by atoms with van der Waals surface area (Å²) in [7, 11) is 1.22. The summed E-state index contributed by atoms with van der Waals surface area (Å²) in [4.78, 5) is 16.6. The Hall–Kier alpha value is -3.19. The highest BCUT2D eigenvalue weighted by Crippen LogP contribution is 2.37. The van der Waals surface area contributed by atoms with Gasteiger partial charge in [0.05, 0.1) is 25.3 Å². The number of rotatable bonds is 9. The van der Waals surface area contributed by atoms with Gasteiger partial charge >= 0.3 is 5.97 Å². The fraction of sp³-hybridized carbons (Fsp3) is 0.304. The maximum atomic E-state index is 12.2. The molecule has 3 aromatic rings. The lowest BCUT2D eigenvalue weighted by atomic mass is 10.0. The molecule has 2 aromatic carbocycles. The predicted octanol–water partition coefficient (Wildman–Crippen LogP) is 4.36. The molecule has 0 saturated heterocycles. The SMILES string of the molecule is CCCOc1ccccc1Cn1ccnc1CCc1c(Cl)c(O)cc(O)c1C(=O)OC. The number of hydrogen-bond donors (Lipinski definition) is 2. The number of benzene rings is 2. The van der Waals surface area contributed by atoms with Crippen molar-refractivity contribution in [1.82, 2.24) is 9.55 Å². The molecule has 164 valence electrons. The zero-order chi connectivity index (χ0) is 22.4. The lowest BCUT2D eigenvalue weighted by Crippen LogP contribution is -2.11. The van der Waals surface area contributed by atoms with E-state index >= 15 is 0 Å². The van der Waals surface area contributed by atoms with Crippen molar-refractivity contribution >= 4 is 17.6 Å². The molecule has 3 rings (SSSR count). The highest BCUT2D eigenvalue weighted by molar-refractivity contribution is 6.33. The lowest BCUT2D eigenvalue weighted by molar-refractivity contribution is 0.0596. The Kier molecular flexibility index (Phi) is 7.41. The molecule has 31 heavy (non-hydrogen) atoms. The van der Waals surface area contributed by atoms with E-state index in [1.807, 2.05) is 35.0 Å². The Morgan fingerprint density at radius 3 is 2.71 bits per heavy atom. The number of methoxy groups -OCH3 is 1. The van der Waals surface area contributed by atoms with Crippen LogP contribution < -0.4 is 4.74 Å². The average molecular weight is 445 g/mol. The van der Waals surface area contributed by atoms with Crippen molar-refractivity contribution in [2.24, 2.45) is 0 Å². The van der Waals surface area contributed by atoms with Crippen molar-refractivity contribution in [3.63, 3.8) is 0 Å². The number of aromatic nitrogens is 2. The normalized spacial score (nSPS) is 10.8. The van der Waals surface area contributed by atoms with Gasteiger partial charge in [-0.25, -0.2) is 9.78 Å². The van der Waals surface area contributed by atoms with Crippen molar-refractivity contribution in [2.45, 2.75) is 32.7 Å². The second-order valence-corrected chi connectivity index (χ2v) is 7.38. The molecular formula is C23H25ClN2O5. The fourth-order valence-electron chi connectivity index (χ4n) is 3.37. The molecule has 8 heteroatoms. The first-order chi connectivity index (χ1) is 15.0. The Balaban J connectivity index is 1.84. The van der Waals surface area contributed by atoms with Crippen LogP contribution in [0.4, 0.5) is 0 Å². The number of halogens is 1. The Morgan fingerprint density at radius 1 is 1.19 bits per heavy atom. The van der Waals surface area contributed by atoms with E-state index in [9.17, 15) is 15.0 Å². The molecule has 0 radical (unpaired) electrons. The second-order valence-electron chi connectivity index (χ2n) is 7.00. The van der Waals surface area contributed by atoms with Gasteiger partial charge in [-0.05, 0) is 24.5 Å². The second kappa shape index (κ2) is 10.2. The molecule has 0 aliphatic heterocycles. The summed E-state index contributed by atoms with van der Waals surface area (Å²) in [5, 5.41) is 20.1. The van der Waals surface area contributed by atoms with E-state index in [-0.39, 0.29) is 28.5 Å². The number of imidazole rings is 1. The Morgan fingerprint density at radius 2 is 1.97 bits per heavy atom. The monoisotopic (exact) mass is 444 g/mol. The quantitative estimate of drug-likeness (QED) is 0.476. The molecular weight excluding hydrogens is 420 g/mol. The van der Waals surface area contributed by atoms with Gasteiger partial charge in [0.15, 0.2) is 0 Å². The van der Waals surface area contributed by atoms with Crippen LogP contribution in [0.3, 0.4) is 0 Å². The number of aromatic hydroxyl groups is 2. The number of phenols is 2. The van der Waals surface area contributed by atoms with Crippen LogP contribution in [0.5, 0.6) is 17.2 Å². The summed E-state index contributed by atoms with van der Waals surface area (Å²) in [5.74, 6) is 0.193. The van der Waals surface area contributed by atoms with Gasteiger partial charge in [-0.1, -0.05) is 36.7 Å². The molecule has 0 aliphatic carbocycles. The van der Waals surface area contributed by atoms with Gasteiger partial charge in [-0.3, -0.25) is 0 Å². The zero-order valence-electron chi connectivity index (χ0n) is 17.5. The van der Waals surface area contributed by atoms with E-state index in [1.54, 1.807) is 6.20 Å². The van der Waals surface area contributed by atoms with Crippen LogP contribution in [-0.2, 0) is 24.1 Å². The smallest absolute Gasteiger partial charge is 0.341 e. The number of carbonyl (C=O) groups excluding carboxylic acids is 1. The largest absolute Gasteiger partial charge is 0.507 e. The van der Waals surface area contributed by atoms with Crippen LogP contribution in [0, 0.1) is 0 Å². The minimum atomic E-state index is -0.722. The first-order valence-corrected chi connectivity index (χ1v) is 10.4. The van der Waals surface area contributed by atoms with E-state index in [0.717, 1.165) is 29.6 Å². The third-order valence-corrected chi connectivity index (χ3v) is 5.31. The van der Waals surface area contributed by atoms with Crippen molar-refractivity contribution in [2.75, 3.05) is 13.7 Å². The van der Waals surface area contributed by atoms with Gasteiger partial charge in [0.25, 0.3) is 0 Å². The number of phenolic OH excluding ortho intramolecular Hbond substituents is 2. The first kappa shape index (κ1) is 22.5. The third kappa shape index (κ3) is 5.11. The maximum Gasteiger partial charge on any atom is 0.341 e. The summed E-state index contributed by atoms with van der Waals surface area (Å²) in [5.41, 5.74) is 1.28. The Labute approximate surface area is 185 Å². The molecule has 0 spiro atoms. The van der Waals surface area contributed by atoms with Crippen molar-refractivity contribution in [3.8, 4) is 17.2 Å². The van der Waals surface area contributed by atoms with E-state index in [0.29, 0.717) is 25.1 Å². The van der Waals surface area contributed by atoms with Gasteiger partial charge in [0, 0.05) is 30.4 Å². The van der Waals surface area contributed by atoms with Crippen LogP contribution >= 0.6 is 11.6 Å². The van der Waals surface area contributed by atoms with Crippen LogP contribution in [0.2, 0.25) is 5.02 Å². The van der Waals surface area contributed by atoms with E-state index in [2.05, 4.69) is 11.9 Å². The van der Waals surface area contributed by atoms with Crippen LogP contribution in [0.25, 0.3) is 0 Å². The van der Waals surface area contributed by atoms with Crippen molar-refractivity contribution in [3.05, 3.63) is 70.3 Å². The predicted molar refractivity (Wildman–Crippen MR) is 117 cm³/mol. The van der Waals surface area contributed by atoms with E-state index < -0.39 is 5.97 Å². The summed E-state index contributed by atoms with van der Waals surface area (Å²) >= 11 is 6.24. The molecule has 0 atom stereocenters. The first-order valence-electron chi connectivity index (χ1n) is 9.98. The molecule has 0 aliphatic rings. The highest BCUT2D eigenvalue weighted by atomic mass is 35.5. The summed E-state index contributed by atoms with van der Waals surface area (Å²) in [6.45, 7) is 3.27. The summed E-state index contributed by atoms with van der Waals surface area (Å²) in [6.07, 6.45) is 5.20. The number of hydrogen-bond acceptors (Lipinski definition) is 6. The zero-order valence-corrected chi connectivity index (χ0v) is 18.2. The number of para-hydroxylation sites is 1. The number of ether oxygens (including phenoxy) is 2.